The zero-order valence-electron chi connectivity index (χ0n) is 18.7. The molecule has 1 heterocycles. The van der Waals surface area contributed by atoms with E-state index in [4.69, 9.17) is 0 Å². The summed E-state index contributed by atoms with van der Waals surface area (Å²) in [6.07, 6.45) is 8.93. The van der Waals surface area contributed by atoms with Crippen LogP contribution >= 0.6 is 0 Å². The lowest BCUT2D eigenvalue weighted by molar-refractivity contribution is -0.161. The van der Waals surface area contributed by atoms with E-state index < -0.39 is 0 Å². The van der Waals surface area contributed by atoms with Crippen LogP contribution in [-0.2, 0) is 9.59 Å². The highest BCUT2D eigenvalue weighted by Crippen LogP contribution is 2.66. The Morgan fingerprint density at radius 1 is 1.00 bits per heavy atom. The molecule has 0 aromatic carbocycles. The van der Waals surface area contributed by atoms with E-state index >= 15 is 0 Å². The molecule has 4 heteroatoms. The van der Waals surface area contributed by atoms with Crippen molar-refractivity contribution in [1.29, 1.82) is 0 Å². The van der Waals surface area contributed by atoms with Crippen LogP contribution in [-0.4, -0.2) is 47.8 Å². The van der Waals surface area contributed by atoms with Crippen LogP contribution in [0.2, 0.25) is 0 Å². The standard InChI is InChI=1S/C24H40N2O2/c1-6-26(7-2)22(28)19-10-9-17-16-8-11-20-24(4,15-13-21(27)25(20)5)18(16)12-14-23(17,19)3/h16-20H,6-15H2,1-5H3/t16?,17?,18?,19-,20?,23+,24-/m1/s1. The average Bonchev–Trinajstić information content (AvgIpc) is 3.03. The summed E-state index contributed by atoms with van der Waals surface area (Å²) in [5.74, 6) is 3.14. The molecule has 0 bridgehead atoms. The number of carbonyl (C=O) groups excluding carboxylic acids is 2. The molecule has 2 amide bonds. The van der Waals surface area contributed by atoms with Gasteiger partial charge in [-0.25, -0.2) is 0 Å². The molecular weight excluding hydrogens is 348 g/mol. The van der Waals surface area contributed by atoms with Crippen molar-refractivity contribution < 1.29 is 9.59 Å². The minimum atomic E-state index is 0.181. The Morgan fingerprint density at radius 3 is 2.36 bits per heavy atom. The third kappa shape index (κ3) is 2.69. The second-order valence-corrected chi connectivity index (χ2v) is 10.7. The summed E-state index contributed by atoms with van der Waals surface area (Å²) in [6.45, 7) is 10.8. The summed E-state index contributed by atoms with van der Waals surface area (Å²) in [5, 5.41) is 0. The largest absolute Gasteiger partial charge is 0.343 e. The molecule has 4 aliphatic rings. The fraction of sp³-hybridized carbons (Fsp3) is 0.917. The van der Waals surface area contributed by atoms with Crippen molar-refractivity contribution in [3.63, 3.8) is 0 Å². The fourth-order valence-electron chi connectivity index (χ4n) is 8.31. The number of hydrogen-bond donors (Lipinski definition) is 0. The maximum absolute atomic E-state index is 13.3. The Morgan fingerprint density at radius 2 is 1.68 bits per heavy atom. The lowest BCUT2D eigenvalue weighted by Gasteiger charge is -2.61. The third-order valence-corrected chi connectivity index (χ3v) is 9.93. The van der Waals surface area contributed by atoms with Gasteiger partial charge >= 0.3 is 0 Å². The molecule has 1 saturated heterocycles. The Hall–Kier alpha value is -1.06. The second kappa shape index (κ2) is 7.02. The minimum Gasteiger partial charge on any atom is -0.343 e. The summed E-state index contributed by atoms with van der Waals surface area (Å²) in [7, 11) is 2.03. The molecule has 28 heavy (non-hydrogen) atoms. The number of piperidine rings is 1. The van der Waals surface area contributed by atoms with E-state index in [1.807, 2.05) is 7.05 Å². The smallest absolute Gasteiger partial charge is 0.226 e. The number of nitrogens with zero attached hydrogens (tertiary/aromatic N) is 2. The van der Waals surface area contributed by atoms with Gasteiger partial charge in [-0.05, 0) is 87.4 Å². The summed E-state index contributed by atoms with van der Waals surface area (Å²) in [4.78, 5) is 29.7. The molecule has 3 aliphatic carbocycles. The zero-order valence-corrected chi connectivity index (χ0v) is 18.7. The molecule has 0 aromatic rings. The number of fused-ring (bicyclic) bond motifs is 5. The minimum absolute atomic E-state index is 0.181. The van der Waals surface area contributed by atoms with E-state index in [0.717, 1.165) is 50.6 Å². The number of amides is 2. The van der Waals surface area contributed by atoms with Crippen molar-refractivity contribution in [3.8, 4) is 0 Å². The zero-order chi connectivity index (χ0) is 20.3. The highest BCUT2D eigenvalue weighted by atomic mass is 16.2. The summed E-state index contributed by atoms with van der Waals surface area (Å²) in [5.41, 5.74) is 0.453. The van der Waals surface area contributed by atoms with E-state index in [-0.39, 0.29) is 16.7 Å². The van der Waals surface area contributed by atoms with Gasteiger partial charge in [0.1, 0.15) is 0 Å². The van der Waals surface area contributed by atoms with Crippen LogP contribution in [0.4, 0.5) is 0 Å². The van der Waals surface area contributed by atoms with Gasteiger partial charge in [0.25, 0.3) is 0 Å². The van der Waals surface area contributed by atoms with Crippen LogP contribution in [0.25, 0.3) is 0 Å². The number of likely N-dealkylation sites (tertiary alicyclic amines) is 1. The maximum atomic E-state index is 13.3. The van der Waals surface area contributed by atoms with E-state index in [2.05, 4.69) is 37.5 Å². The maximum Gasteiger partial charge on any atom is 0.226 e. The molecule has 0 spiro atoms. The Bertz CT molecular complexity index is 645. The monoisotopic (exact) mass is 388 g/mol. The molecule has 1 aliphatic heterocycles. The van der Waals surface area contributed by atoms with Crippen LogP contribution < -0.4 is 0 Å². The Labute approximate surface area is 171 Å². The van der Waals surface area contributed by atoms with Gasteiger partial charge in [-0.2, -0.15) is 0 Å². The molecule has 7 atom stereocenters. The molecule has 3 saturated carbocycles. The SMILES string of the molecule is CCN(CC)C(=O)[C@H]1CCC2C3CCC4N(C)C(=O)CC[C@]4(C)C3CC[C@@]21C. The summed E-state index contributed by atoms with van der Waals surface area (Å²) < 4.78 is 0. The van der Waals surface area contributed by atoms with Gasteiger partial charge < -0.3 is 9.80 Å². The molecule has 0 N–H and O–H groups in total. The molecule has 0 radical (unpaired) electrons. The molecular formula is C24H40N2O2. The van der Waals surface area contributed by atoms with Crippen LogP contribution in [0.3, 0.4) is 0 Å². The lowest BCUT2D eigenvalue weighted by atomic mass is 9.47. The van der Waals surface area contributed by atoms with Gasteiger partial charge in [-0.15, -0.1) is 0 Å². The van der Waals surface area contributed by atoms with E-state index in [0.29, 0.717) is 23.8 Å². The first-order chi connectivity index (χ1) is 13.3. The highest BCUT2D eigenvalue weighted by Gasteiger charge is 2.62. The van der Waals surface area contributed by atoms with Crippen molar-refractivity contribution in [2.45, 2.75) is 85.1 Å². The second-order valence-electron chi connectivity index (χ2n) is 10.7. The molecule has 4 nitrogen and oxygen atoms in total. The van der Waals surface area contributed by atoms with Crippen molar-refractivity contribution in [2.75, 3.05) is 20.1 Å². The van der Waals surface area contributed by atoms with Crippen LogP contribution in [0.1, 0.15) is 79.1 Å². The quantitative estimate of drug-likeness (QED) is 0.722. The van der Waals surface area contributed by atoms with Crippen molar-refractivity contribution in [1.82, 2.24) is 9.80 Å². The first-order valence-electron chi connectivity index (χ1n) is 11.8. The van der Waals surface area contributed by atoms with Gasteiger partial charge in [0.15, 0.2) is 0 Å². The average molecular weight is 389 g/mol. The van der Waals surface area contributed by atoms with Crippen molar-refractivity contribution >= 4 is 11.8 Å². The molecule has 4 rings (SSSR count). The van der Waals surface area contributed by atoms with Gasteiger partial charge in [-0.3, -0.25) is 9.59 Å². The van der Waals surface area contributed by atoms with Crippen LogP contribution in [0.15, 0.2) is 0 Å². The first-order valence-corrected chi connectivity index (χ1v) is 11.8. The third-order valence-electron chi connectivity index (χ3n) is 9.93. The molecule has 4 fully saturated rings. The first kappa shape index (κ1) is 20.2. The normalized spacial score (nSPS) is 45.2. The molecule has 0 aromatic heterocycles. The number of hydrogen-bond acceptors (Lipinski definition) is 2. The molecule has 4 unspecified atom stereocenters. The predicted molar refractivity (Wildman–Crippen MR) is 112 cm³/mol. The summed E-state index contributed by atoms with van der Waals surface area (Å²) >= 11 is 0. The van der Waals surface area contributed by atoms with E-state index in [1.54, 1.807) is 0 Å². The fourth-order valence-corrected chi connectivity index (χ4v) is 8.31. The Balaban J connectivity index is 1.58. The van der Waals surface area contributed by atoms with Crippen LogP contribution in [0.5, 0.6) is 0 Å². The Kier molecular flexibility index (Phi) is 5.07. The topological polar surface area (TPSA) is 40.6 Å². The molecule has 158 valence electrons. The van der Waals surface area contributed by atoms with Crippen molar-refractivity contribution in [3.05, 3.63) is 0 Å². The number of carbonyl (C=O) groups is 2. The summed E-state index contributed by atoms with van der Waals surface area (Å²) in [6, 6.07) is 0.425. The van der Waals surface area contributed by atoms with Gasteiger partial charge in [0.05, 0.1) is 0 Å². The lowest BCUT2D eigenvalue weighted by Crippen LogP contribution is -2.61. The van der Waals surface area contributed by atoms with Gasteiger partial charge in [0, 0.05) is 38.5 Å². The van der Waals surface area contributed by atoms with Gasteiger partial charge in [-0.1, -0.05) is 13.8 Å². The van der Waals surface area contributed by atoms with Crippen LogP contribution in [0, 0.1) is 34.5 Å². The van der Waals surface area contributed by atoms with Crippen molar-refractivity contribution in [2.24, 2.45) is 34.5 Å². The van der Waals surface area contributed by atoms with E-state index in [9.17, 15) is 9.59 Å². The van der Waals surface area contributed by atoms with Gasteiger partial charge in [0.2, 0.25) is 11.8 Å². The number of rotatable bonds is 3. The highest BCUT2D eigenvalue weighted by molar-refractivity contribution is 5.80. The van der Waals surface area contributed by atoms with E-state index in [1.165, 1.54) is 25.7 Å². The predicted octanol–water partition coefficient (Wildman–Crippen LogP) is 4.33.